The van der Waals surface area contributed by atoms with Crippen LogP contribution in [0.15, 0.2) is 0 Å². The molecule has 0 aliphatic carbocycles. The molecule has 1 heteroatoms. The molecule has 0 saturated heterocycles. The van der Waals surface area contributed by atoms with E-state index in [-0.39, 0.29) is 0 Å². The Morgan fingerprint density at radius 3 is 1.77 bits per heavy atom. The van der Waals surface area contributed by atoms with Gasteiger partial charge in [0.2, 0.25) is 0 Å². The maximum atomic E-state index is 2.62. The maximum absolute atomic E-state index is 2.62. The van der Waals surface area contributed by atoms with E-state index in [9.17, 15) is 0 Å². The van der Waals surface area contributed by atoms with Crippen molar-refractivity contribution in [2.24, 2.45) is 0 Å². The molecule has 0 unspecified atom stereocenters. The van der Waals surface area contributed by atoms with Gasteiger partial charge in [0.1, 0.15) is 0 Å². The minimum absolute atomic E-state index is 1.30. The average Bonchev–Trinajstić information content (AvgIpc) is 2.14. The lowest BCUT2D eigenvalue weighted by Crippen LogP contribution is -2.26. The number of hydrogen-bond acceptors (Lipinski definition) is 1. The maximum Gasteiger partial charge on any atom is -0.00187 e. The Morgan fingerprint density at radius 2 is 1.23 bits per heavy atom. The smallest absolute Gasteiger partial charge is 0.00187 e. The molecule has 1 nitrogen and oxygen atoms in total. The monoisotopic (exact) mass is 185 g/mol. The summed E-state index contributed by atoms with van der Waals surface area (Å²) in [6.07, 6.45) is 8.12. The van der Waals surface area contributed by atoms with Crippen molar-refractivity contribution in [1.82, 2.24) is 4.90 Å². The van der Waals surface area contributed by atoms with Crippen LogP contribution in [0.3, 0.4) is 0 Å². The number of nitrogens with zero attached hydrogens (tertiary/aromatic N) is 1. The quantitative estimate of drug-likeness (QED) is 0.495. The first-order valence-corrected chi connectivity index (χ1v) is 6.07. The van der Waals surface area contributed by atoms with Gasteiger partial charge in [-0.2, -0.15) is 0 Å². The molecule has 0 saturated carbocycles. The van der Waals surface area contributed by atoms with Crippen LogP contribution in [-0.2, 0) is 0 Å². The molecule has 0 spiro atoms. The van der Waals surface area contributed by atoms with Crippen LogP contribution in [-0.4, -0.2) is 24.5 Å². The molecule has 0 aliphatic rings. The summed E-state index contributed by atoms with van der Waals surface area (Å²) in [4.78, 5) is 2.62. The lowest BCUT2D eigenvalue weighted by Gasteiger charge is -2.21. The van der Waals surface area contributed by atoms with E-state index in [0.717, 1.165) is 0 Å². The fraction of sp³-hybridized carbons (Fsp3) is 1.00. The fourth-order valence-corrected chi connectivity index (χ4v) is 1.62. The van der Waals surface area contributed by atoms with Crippen LogP contribution in [0.5, 0.6) is 0 Å². The molecule has 0 amide bonds. The molecule has 0 heterocycles. The lowest BCUT2D eigenvalue weighted by atomic mass is 10.2. The highest BCUT2D eigenvalue weighted by Crippen LogP contribution is 2.01. The van der Waals surface area contributed by atoms with Crippen LogP contribution in [0.2, 0.25) is 0 Å². The molecule has 80 valence electrons. The summed E-state index contributed by atoms with van der Waals surface area (Å²) in [6, 6.07) is 0. The van der Waals surface area contributed by atoms with Gasteiger partial charge in [-0.3, -0.25) is 0 Å². The van der Waals surface area contributed by atoms with Crippen molar-refractivity contribution in [3.8, 4) is 0 Å². The van der Waals surface area contributed by atoms with Crippen LogP contribution in [0.1, 0.15) is 59.3 Å². The van der Waals surface area contributed by atoms with Gasteiger partial charge in [0.05, 0.1) is 0 Å². The summed E-state index contributed by atoms with van der Waals surface area (Å²) in [5.74, 6) is 0. The highest BCUT2D eigenvalue weighted by Gasteiger charge is 2.01. The Labute approximate surface area is 84.5 Å². The zero-order valence-electron chi connectivity index (χ0n) is 9.81. The standard InChI is InChI=1S/C12H27N/c1-4-7-9-12-13(10-6-3)11-8-5-2/h4-12H2,1-3H3. The van der Waals surface area contributed by atoms with Gasteiger partial charge >= 0.3 is 0 Å². The first-order valence-electron chi connectivity index (χ1n) is 6.07. The van der Waals surface area contributed by atoms with E-state index < -0.39 is 0 Å². The Morgan fingerprint density at radius 1 is 0.615 bits per heavy atom. The van der Waals surface area contributed by atoms with Gasteiger partial charge in [-0.25, -0.2) is 0 Å². The van der Waals surface area contributed by atoms with Crippen molar-refractivity contribution in [3.63, 3.8) is 0 Å². The topological polar surface area (TPSA) is 3.24 Å². The second kappa shape index (κ2) is 10.0. The second-order valence-corrected chi connectivity index (χ2v) is 3.90. The SMILES string of the molecule is CCCCCN(CCC)CCCC. The fourth-order valence-electron chi connectivity index (χ4n) is 1.62. The van der Waals surface area contributed by atoms with Crippen LogP contribution >= 0.6 is 0 Å². The van der Waals surface area contributed by atoms with Gasteiger partial charge < -0.3 is 4.90 Å². The van der Waals surface area contributed by atoms with Gasteiger partial charge in [0.15, 0.2) is 0 Å². The first-order chi connectivity index (χ1) is 6.35. The molecular weight excluding hydrogens is 158 g/mol. The predicted molar refractivity (Wildman–Crippen MR) is 61.2 cm³/mol. The molecule has 0 atom stereocenters. The number of unbranched alkanes of at least 4 members (excludes halogenated alkanes) is 3. The molecule has 0 fully saturated rings. The third-order valence-corrected chi connectivity index (χ3v) is 2.45. The van der Waals surface area contributed by atoms with E-state index in [1.807, 2.05) is 0 Å². The highest BCUT2D eigenvalue weighted by molar-refractivity contribution is 4.56. The van der Waals surface area contributed by atoms with Crippen LogP contribution in [0, 0.1) is 0 Å². The summed E-state index contributed by atoms with van der Waals surface area (Å²) in [6.45, 7) is 10.8. The van der Waals surface area contributed by atoms with E-state index in [2.05, 4.69) is 25.7 Å². The molecule has 0 aromatic heterocycles. The summed E-state index contributed by atoms with van der Waals surface area (Å²) < 4.78 is 0. The molecule has 0 aliphatic heterocycles. The molecule has 0 rings (SSSR count). The zero-order chi connectivity index (χ0) is 9.94. The summed E-state index contributed by atoms with van der Waals surface area (Å²) in [5.41, 5.74) is 0. The molecule has 0 aromatic rings. The zero-order valence-corrected chi connectivity index (χ0v) is 9.81. The summed E-state index contributed by atoms with van der Waals surface area (Å²) in [5, 5.41) is 0. The average molecular weight is 185 g/mol. The number of hydrogen-bond donors (Lipinski definition) is 0. The van der Waals surface area contributed by atoms with Gasteiger partial charge in [0, 0.05) is 0 Å². The molecule has 0 bridgehead atoms. The summed E-state index contributed by atoms with van der Waals surface area (Å²) in [7, 11) is 0. The molecule has 0 aromatic carbocycles. The van der Waals surface area contributed by atoms with Crippen molar-refractivity contribution >= 4 is 0 Å². The van der Waals surface area contributed by atoms with E-state index in [1.54, 1.807) is 0 Å². The lowest BCUT2D eigenvalue weighted by molar-refractivity contribution is 0.264. The Balaban J connectivity index is 3.41. The third kappa shape index (κ3) is 8.29. The Bertz CT molecular complexity index is 91.1. The molecule has 0 radical (unpaired) electrons. The van der Waals surface area contributed by atoms with Crippen molar-refractivity contribution in [3.05, 3.63) is 0 Å². The molecule has 13 heavy (non-hydrogen) atoms. The highest BCUT2D eigenvalue weighted by atomic mass is 15.1. The minimum atomic E-state index is 1.30. The van der Waals surface area contributed by atoms with E-state index in [4.69, 9.17) is 0 Å². The van der Waals surface area contributed by atoms with Crippen LogP contribution in [0.4, 0.5) is 0 Å². The first kappa shape index (κ1) is 13.0. The Kier molecular flexibility index (Phi) is 10.0. The molecular formula is C12H27N. The minimum Gasteiger partial charge on any atom is -0.303 e. The predicted octanol–water partition coefficient (Wildman–Crippen LogP) is 3.69. The Hall–Kier alpha value is -0.0400. The van der Waals surface area contributed by atoms with Crippen LogP contribution < -0.4 is 0 Å². The van der Waals surface area contributed by atoms with Crippen molar-refractivity contribution < 1.29 is 0 Å². The van der Waals surface area contributed by atoms with E-state index in [1.165, 1.54) is 58.2 Å². The van der Waals surface area contributed by atoms with Crippen molar-refractivity contribution in [1.29, 1.82) is 0 Å². The van der Waals surface area contributed by atoms with Gasteiger partial charge in [-0.1, -0.05) is 40.0 Å². The van der Waals surface area contributed by atoms with Crippen molar-refractivity contribution in [2.75, 3.05) is 19.6 Å². The largest absolute Gasteiger partial charge is 0.303 e. The third-order valence-electron chi connectivity index (χ3n) is 2.45. The van der Waals surface area contributed by atoms with E-state index in [0.29, 0.717) is 0 Å². The van der Waals surface area contributed by atoms with E-state index >= 15 is 0 Å². The van der Waals surface area contributed by atoms with Crippen molar-refractivity contribution in [2.45, 2.75) is 59.3 Å². The van der Waals surface area contributed by atoms with Gasteiger partial charge in [0.25, 0.3) is 0 Å². The van der Waals surface area contributed by atoms with Gasteiger partial charge in [-0.15, -0.1) is 0 Å². The summed E-state index contributed by atoms with van der Waals surface area (Å²) >= 11 is 0. The normalized spacial score (nSPS) is 11.1. The number of rotatable bonds is 9. The van der Waals surface area contributed by atoms with Gasteiger partial charge in [-0.05, 0) is 38.9 Å². The molecule has 0 N–H and O–H groups in total. The van der Waals surface area contributed by atoms with Crippen LogP contribution in [0.25, 0.3) is 0 Å². The second-order valence-electron chi connectivity index (χ2n) is 3.90.